The Morgan fingerprint density at radius 2 is 2.00 bits per heavy atom. The zero-order chi connectivity index (χ0) is 16.4. The van der Waals surface area contributed by atoms with E-state index in [1.165, 1.54) is 0 Å². The summed E-state index contributed by atoms with van der Waals surface area (Å²) >= 11 is 5.82. The molecule has 1 amide bonds. The number of hydrogen-bond donors (Lipinski definition) is 2. The molecule has 0 unspecified atom stereocenters. The summed E-state index contributed by atoms with van der Waals surface area (Å²) in [6.45, 7) is 5.62. The molecule has 0 aliphatic rings. The van der Waals surface area contributed by atoms with E-state index in [1.807, 2.05) is 20.8 Å². The second-order valence-electron chi connectivity index (χ2n) is 5.40. The van der Waals surface area contributed by atoms with Crippen LogP contribution in [-0.2, 0) is 10.0 Å². The normalized spacial score (nSPS) is 12.3. The van der Waals surface area contributed by atoms with Crippen LogP contribution in [0, 0.1) is 5.82 Å². The van der Waals surface area contributed by atoms with Gasteiger partial charge in [-0.25, -0.2) is 17.9 Å². The zero-order valence-corrected chi connectivity index (χ0v) is 13.6. The largest absolute Gasteiger partial charge is 0.347 e. The highest BCUT2D eigenvalue weighted by atomic mass is 35.5. The van der Waals surface area contributed by atoms with Crippen molar-refractivity contribution in [3.63, 3.8) is 0 Å². The predicted molar refractivity (Wildman–Crippen MR) is 79.2 cm³/mol. The lowest BCUT2D eigenvalue weighted by molar-refractivity contribution is 0.0909. The van der Waals surface area contributed by atoms with Crippen molar-refractivity contribution in [2.75, 3.05) is 0 Å². The van der Waals surface area contributed by atoms with Gasteiger partial charge in [0.1, 0.15) is 10.7 Å². The molecule has 1 aromatic carbocycles. The number of halogens is 2. The van der Waals surface area contributed by atoms with E-state index in [-0.39, 0.29) is 10.6 Å². The average Bonchev–Trinajstić information content (AvgIpc) is 2.25. The molecule has 0 saturated carbocycles. The molecule has 118 valence electrons. The number of primary sulfonamides is 1. The van der Waals surface area contributed by atoms with Crippen molar-refractivity contribution < 1.29 is 17.6 Å². The molecule has 21 heavy (non-hydrogen) atoms. The van der Waals surface area contributed by atoms with Gasteiger partial charge in [-0.2, -0.15) is 0 Å². The lowest BCUT2D eigenvalue weighted by Gasteiger charge is -2.26. The Morgan fingerprint density at radius 3 is 2.48 bits per heavy atom. The van der Waals surface area contributed by atoms with Crippen molar-refractivity contribution in [2.45, 2.75) is 44.0 Å². The fourth-order valence-corrected chi connectivity index (χ4v) is 2.83. The van der Waals surface area contributed by atoms with Crippen LogP contribution in [0.25, 0.3) is 0 Å². The third kappa shape index (κ3) is 4.66. The first-order chi connectivity index (χ1) is 9.48. The minimum Gasteiger partial charge on any atom is -0.347 e. The van der Waals surface area contributed by atoms with E-state index in [2.05, 4.69) is 5.32 Å². The molecule has 0 radical (unpaired) electrons. The first-order valence-electron chi connectivity index (χ1n) is 6.32. The maximum atomic E-state index is 13.6. The monoisotopic (exact) mass is 336 g/mol. The number of benzene rings is 1. The smallest absolute Gasteiger partial charge is 0.253 e. The summed E-state index contributed by atoms with van der Waals surface area (Å²) in [5, 5.41) is 7.46. The van der Waals surface area contributed by atoms with Gasteiger partial charge in [-0.05, 0) is 32.4 Å². The summed E-state index contributed by atoms with van der Waals surface area (Å²) in [6, 6.07) is 1.62. The van der Waals surface area contributed by atoms with E-state index < -0.39 is 32.2 Å². The Bertz CT molecular complexity index is 660. The SMILES string of the molecule is CCCC(C)(C)NC(=O)c1cc(S(N)(=O)=O)c(F)cc1Cl. The number of nitrogens with two attached hydrogens (primary N) is 1. The van der Waals surface area contributed by atoms with Crippen LogP contribution in [0.2, 0.25) is 5.02 Å². The lowest BCUT2D eigenvalue weighted by atomic mass is 9.98. The standard InChI is InChI=1S/C13H18ClFN2O3S/c1-4-5-13(2,3)17-12(18)8-6-11(21(16,19)20)10(15)7-9(8)14/h6-7H,4-5H2,1-3H3,(H,17,18)(H2,16,19,20). The van der Waals surface area contributed by atoms with Crippen molar-refractivity contribution in [3.05, 3.63) is 28.5 Å². The van der Waals surface area contributed by atoms with Crippen molar-refractivity contribution in [2.24, 2.45) is 5.14 Å². The molecule has 0 aromatic heterocycles. The molecule has 0 bridgehead atoms. The van der Waals surface area contributed by atoms with Crippen molar-refractivity contribution in [1.29, 1.82) is 0 Å². The number of hydrogen-bond acceptors (Lipinski definition) is 3. The van der Waals surface area contributed by atoms with Gasteiger partial charge in [-0.15, -0.1) is 0 Å². The number of carbonyl (C=O) groups excluding carboxylic acids is 1. The second-order valence-corrected chi connectivity index (χ2v) is 7.33. The summed E-state index contributed by atoms with van der Waals surface area (Å²) in [7, 11) is -4.27. The highest BCUT2D eigenvalue weighted by molar-refractivity contribution is 7.89. The third-order valence-electron chi connectivity index (χ3n) is 2.90. The van der Waals surface area contributed by atoms with E-state index >= 15 is 0 Å². The summed E-state index contributed by atoms with van der Waals surface area (Å²) < 4.78 is 36.2. The van der Waals surface area contributed by atoms with Gasteiger partial charge in [0.15, 0.2) is 0 Å². The predicted octanol–water partition coefficient (Wildman–Crippen LogP) is 2.43. The van der Waals surface area contributed by atoms with Crippen LogP contribution < -0.4 is 10.5 Å². The van der Waals surface area contributed by atoms with Gasteiger partial charge in [0.05, 0.1) is 10.6 Å². The molecule has 0 fully saturated rings. The van der Waals surface area contributed by atoms with Crippen LogP contribution in [0.4, 0.5) is 4.39 Å². The number of sulfonamides is 1. The van der Waals surface area contributed by atoms with E-state index in [0.29, 0.717) is 0 Å². The highest BCUT2D eigenvalue weighted by Gasteiger charge is 2.24. The molecule has 0 spiro atoms. The Morgan fingerprint density at radius 1 is 1.43 bits per heavy atom. The number of nitrogens with one attached hydrogen (secondary N) is 1. The van der Waals surface area contributed by atoms with Crippen LogP contribution in [0.15, 0.2) is 17.0 Å². The molecule has 1 rings (SSSR count). The van der Waals surface area contributed by atoms with E-state index in [0.717, 1.165) is 25.0 Å². The maximum Gasteiger partial charge on any atom is 0.253 e. The molecular formula is C13H18ClFN2O3S. The summed E-state index contributed by atoms with van der Waals surface area (Å²) in [5.74, 6) is -1.67. The number of amides is 1. The van der Waals surface area contributed by atoms with E-state index in [4.69, 9.17) is 16.7 Å². The van der Waals surface area contributed by atoms with Crippen LogP contribution in [-0.4, -0.2) is 19.9 Å². The van der Waals surface area contributed by atoms with Gasteiger partial charge in [0.25, 0.3) is 5.91 Å². The molecule has 8 heteroatoms. The Kier molecular flexibility index (Phi) is 5.35. The van der Waals surface area contributed by atoms with Gasteiger partial charge in [0, 0.05) is 5.54 Å². The van der Waals surface area contributed by atoms with Crippen LogP contribution in [0.1, 0.15) is 44.0 Å². The summed E-state index contributed by atoms with van der Waals surface area (Å²) in [5.41, 5.74) is -0.628. The fraction of sp³-hybridized carbons (Fsp3) is 0.462. The third-order valence-corrected chi connectivity index (χ3v) is 4.14. The summed E-state index contributed by atoms with van der Waals surface area (Å²) in [4.78, 5) is 11.4. The van der Waals surface area contributed by atoms with E-state index in [1.54, 1.807) is 0 Å². The first-order valence-corrected chi connectivity index (χ1v) is 8.24. The molecule has 0 saturated heterocycles. The van der Waals surface area contributed by atoms with Crippen LogP contribution >= 0.6 is 11.6 Å². The number of carbonyl (C=O) groups is 1. The molecule has 0 heterocycles. The lowest BCUT2D eigenvalue weighted by Crippen LogP contribution is -2.43. The summed E-state index contributed by atoms with van der Waals surface area (Å²) in [6.07, 6.45) is 1.58. The Balaban J connectivity index is 3.22. The van der Waals surface area contributed by atoms with Gasteiger partial charge in [-0.1, -0.05) is 24.9 Å². The van der Waals surface area contributed by atoms with E-state index in [9.17, 15) is 17.6 Å². The second kappa shape index (κ2) is 6.29. The molecule has 5 nitrogen and oxygen atoms in total. The first kappa shape index (κ1) is 17.9. The Labute approximate surface area is 128 Å². The molecule has 3 N–H and O–H groups in total. The minimum atomic E-state index is -4.27. The molecule has 0 aliphatic heterocycles. The van der Waals surface area contributed by atoms with Gasteiger partial charge >= 0.3 is 0 Å². The number of rotatable bonds is 5. The minimum absolute atomic E-state index is 0.133. The van der Waals surface area contributed by atoms with Gasteiger partial charge in [-0.3, -0.25) is 4.79 Å². The topological polar surface area (TPSA) is 89.3 Å². The molecule has 0 atom stereocenters. The molecule has 0 aliphatic carbocycles. The highest BCUT2D eigenvalue weighted by Crippen LogP contribution is 2.24. The Hall–Kier alpha value is -1.18. The van der Waals surface area contributed by atoms with Crippen molar-refractivity contribution >= 4 is 27.5 Å². The average molecular weight is 337 g/mol. The quantitative estimate of drug-likeness (QED) is 0.865. The van der Waals surface area contributed by atoms with Gasteiger partial charge in [0.2, 0.25) is 10.0 Å². The zero-order valence-electron chi connectivity index (χ0n) is 12.0. The van der Waals surface area contributed by atoms with Crippen LogP contribution in [0.5, 0.6) is 0 Å². The van der Waals surface area contributed by atoms with Crippen molar-refractivity contribution in [1.82, 2.24) is 5.32 Å². The van der Waals surface area contributed by atoms with Gasteiger partial charge < -0.3 is 5.32 Å². The fourth-order valence-electron chi connectivity index (χ4n) is 1.98. The maximum absolute atomic E-state index is 13.6. The van der Waals surface area contributed by atoms with Crippen molar-refractivity contribution in [3.8, 4) is 0 Å². The van der Waals surface area contributed by atoms with Crippen LogP contribution in [0.3, 0.4) is 0 Å². The molecule has 1 aromatic rings. The molecular weight excluding hydrogens is 319 g/mol.